The minimum atomic E-state index is 0.552. The van der Waals surface area contributed by atoms with Crippen LogP contribution in [0.3, 0.4) is 0 Å². The molecule has 0 spiro atoms. The Labute approximate surface area is 96.8 Å². The Kier molecular flexibility index (Phi) is 2.29. The second-order valence-corrected chi connectivity index (χ2v) is 4.94. The van der Waals surface area contributed by atoms with Crippen molar-refractivity contribution in [2.75, 3.05) is 13.1 Å². The number of furan rings is 1. The molecule has 0 amide bonds. The summed E-state index contributed by atoms with van der Waals surface area (Å²) in [6, 6.07) is 8.34. The van der Waals surface area contributed by atoms with E-state index in [4.69, 9.17) is 4.42 Å². The largest absolute Gasteiger partial charge is 0.461 e. The predicted octanol–water partition coefficient (Wildman–Crippen LogP) is 3.27. The zero-order valence-electron chi connectivity index (χ0n) is 8.29. The summed E-state index contributed by atoms with van der Waals surface area (Å²) >= 11 is 3.45. The van der Waals surface area contributed by atoms with Gasteiger partial charge < -0.3 is 9.73 Å². The second-order valence-electron chi connectivity index (χ2n) is 4.02. The van der Waals surface area contributed by atoms with Crippen molar-refractivity contribution in [1.82, 2.24) is 5.32 Å². The van der Waals surface area contributed by atoms with Gasteiger partial charge in [0.2, 0.25) is 0 Å². The molecule has 1 aliphatic rings. The molecule has 2 heterocycles. The maximum Gasteiger partial charge on any atom is 0.135 e. The van der Waals surface area contributed by atoms with Crippen molar-refractivity contribution in [1.29, 1.82) is 0 Å². The van der Waals surface area contributed by atoms with Crippen LogP contribution in [0.25, 0.3) is 11.0 Å². The number of nitrogens with one attached hydrogen (secondary N) is 1. The van der Waals surface area contributed by atoms with Gasteiger partial charge in [-0.25, -0.2) is 0 Å². The highest BCUT2D eigenvalue weighted by atomic mass is 79.9. The van der Waals surface area contributed by atoms with Gasteiger partial charge in [0.1, 0.15) is 11.3 Å². The first-order valence-electron chi connectivity index (χ1n) is 5.22. The quantitative estimate of drug-likeness (QED) is 0.856. The van der Waals surface area contributed by atoms with Gasteiger partial charge in [-0.2, -0.15) is 0 Å². The lowest BCUT2D eigenvalue weighted by molar-refractivity contribution is 0.505. The Bertz CT molecular complexity index is 485. The van der Waals surface area contributed by atoms with Gasteiger partial charge in [0.15, 0.2) is 0 Å². The molecule has 3 heteroatoms. The summed E-state index contributed by atoms with van der Waals surface area (Å²) in [7, 11) is 0. The molecule has 3 rings (SSSR count). The Morgan fingerprint density at radius 1 is 1.33 bits per heavy atom. The first-order chi connectivity index (χ1) is 7.33. The predicted molar refractivity (Wildman–Crippen MR) is 64.1 cm³/mol. The number of hydrogen-bond acceptors (Lipinski definition) is 2. The van der Waals surface area contributed by atoms with Crippen LogP contribution in [-0.2, 0) is 0 Å². The average molecular weight is 266 g/mol. The third-order valence-electron chi connectivity index (χ3n) is 2.96. The van der Waals surface area contributed by atoms with E-state index in [1.807, 2.05) is 6.07 Å². The fourth-order valence-electron chi connectivity index (χ4n) is 2.12. The standard InChI is InChI=1S/C12H12BrNO/c13-10-2-1-8-5-11(15-12(8)6-10)9-3-4-14-7-9/h1-2,5-6,9,14H,3-4,7H2. The van der Waals surface area contributed by atoms with E-state index in [0.717, 1.165) is 28.9 Å². The van der Waals surface area contributed by atoms with Gasteiger partial charge in [-0.05, 0) is 37.2 Å². The summed E-state index contributed by atoms with van der Waals surface area (Å²) < 4.78 is 6.93. The number of rotatable bonds is 1. The summed E-state index contributed by atoms with van der Waals surface area (Å²) in [5.74, 6) is 1.67. The molecule has 1 atom stereocenters. The highest BCUT2D eigenvalue weighted by Gasteiger charge is 2.20. The molecule has 0 bridgehead atoms. The van der Waals surface area contributed by atoms with Crippen molar-refractivity contribution in [2.45, 2.75) is 12.3 Å². The smallest absolute Gasteiger partial charge is 0.135 e. The molecule has 0 saturated carbocycles. The van der Waals surface area contributed by atoms with Crippen LogP contribution in [0.1, 0.15) is 18.1 Å². The summed E-state index contributed by atoms with van der Waals surface area (Å²) in [6.07, 6.45) is 1.18. The van der Waals surface area contributed by atoms with Gasteiger partial charge in [0.25, 0.3) is 0 Å². The van der Waals surface area contributed by atoms with E-state index in [2.05, 4.69) is 39.4 Å². The van der Waals surface area contributed by atoms with E-state index in [1.165, 1.54) is 11.8 Å². The first kappa shape index (κ1) is 9.43. The van der Waals surface area contributed by atoms with E-state index in [-0.39, 0.29) is 0 Å². The van der Waals surface area contributed by atoms with Crippen LogP contribution < -0.4 is 5.32 Å². The molecule has 1 saturated heterocycles. The summed E-state index contributed by atoms with van der Waals surface area (Å²) in [5, 5.41) is 4.55. The number of halogens is 1. The van der Waals surface area contributed by atoms with Gasteiger partial charge in [-0.15, -0.1) is 0 Å². The summed E-state index contributed by atoms with van der Waals surface area (Å²) in [6.45, 7) is 2.15. The zero-order chi connectivity index (χ0) is 10.3. The minimum absolute atomic E-state index is 0.552. The second kappa shape index (κ2) is 3.65. The molecular formula is C12H12BrNO. The third-order valence-corrected chi connectivity index (χ3v) is 3.46. The van der Waals surface area contributed by atoms with Crippen LogP contribution in [0.4, 0.5) is 0 Å². The average Bonchev–Trinajstić information content (AvgIpc) is 2.84. The van der Waals surface area contributed by atoms with Crippen LogP contribution in [0.5, 0.6) is 0 Å². The molecule has 1 N–H and O–H groups in total. The van der Waals surface area contributed by atoms with Crippen LogP contribution in [-0.4, -0.2) is 13.1 Å². The molecule has 1 aromatic heterocycles. The molecule has 0 radical (unpaired) electrons. The maximum atomic E-state index is 5.86. The van der Waals surface area contributed by atoms with Crippen LogP contribution in [0.2, 0.25) is 0 Å². The Morgan fingerprint density at radius 2 is 2.27 bits per heavy atom. The Morgan fingerprint density at radius 3 is 3.07 bits per heavy atom. The molecule has 1 aliphatic heterocycles. The summed E-state index contributed by atoms with van der Waals surface area (Å²) in [5.41, 5.74) is 0.978. The highest BCUT2D eigenvalue weighted by Crippen LogP contribution is 2.30. The number of fused-ring (bicyclic) bond motifs is 1. The normalized spacial score (nSPS) is 21.3. The third kappa shape index (κ3) is 1.70. The fourth-order valence-corrected chi connectivity index (χ4v) is 2.46. The van der Waals surface area contributed by atoms with Gasteiger partial charge in [-0.3, -0.25) is 0 Å². The SMILES string of the molecule is Brc1ccc2cc(C3CCNC3)oc2c1. The van der Waals surface area contributed by atoms with Crippen molar-refractivity contribution in [3.63, 3.8) is 0 Å². The lowest BCUT2D eigenvalue weighted by Crippen LogP contribution is -2.07. The molecule has 15 heavy (non-hydrogen) atoms. The molecule has 0 aliphatic carbocycles. The van der Waals surface area contributed by atoms with E-state index < -0.39 is 0 Å². The summed E-state index contributed by atoms with van der Waals surface area (Å²) in [4.78, 5) is 0. The molecular weight excluding hydrogens is 254 g/mol. The Hall–Kier alpha value is -0.800. The lowest BCUT2D eigenvalue weighted by Gasteiger charge is -2.01. The van der Waals surface area contributed by atoms with Crippen LogP contribution in [0.15, 0.2) is 33.2 Å². The molecule has 2 aromatic rings. The van der Waals surface area contributed by atoms with Crippen molar-refractivity contribution in [3.8, 4) is 0 Å². The fraction of sp³-hybridized carbons (Fsp3) is 0.333. The monoisotopic (exact) mass is 265 g/mol. The molecule has 1 unspecified atom stereocenters. The van der Waals surface area contributed by atoms with Gasteiger partial charge in [0, 0.05) is 22.3 Å². The van der Waals surface area contributed by atoms with Crippen LogP contribution in [0, 0.1) is 0 Å². The Balaban J connectivity index is 2.05. The van der Waals surface area contributed by atoms with Crippen LogP contribution >= 0.6 is 15.9 Å². The number of benzene rings is 1. The van der Waals surface area contributed by atoms with E-state index in [1.54, 1.807) is 0 Å². The lowest BCUT2D eigenvalue weighted by atomic mass is 10.1. The maximum absolute atomic E-state index is 5.86. The zero-order valence-corrected chi connectivity index (χ0v) is 9.88. The van der Waals surface area contributed by atoms with E-state index in [9.17, 15) is 0 Å². The first-order valence-corrected chi connectivity index (χ1v) is 6.02. The topological polar surface area (TPSA) is 25.2 Å². The van der Waals surface area contributed by atoms with Crippen molar-refractivity contribution in [2.24, 2.45) is 0 Å². The van der Waals surface area contributed by atoms with Gasteiger partial charge in [0.05, 0.1) is 0 Å². The molecule has 2 nitrogen and oxygen atoms in total. The highest BCUT2D eigenvalue weighted by molar-refractivity contribution is 9.10. The molecule has 78 valence electrons. The van der Waals surface area contributed by atoms with Crippen molar-refractivity contribution >= 4 is 26.9 Å². The van der Waals surface area contributed by atoms with E-state index in [0.29, 0.717) is 5.92 Å². The van der Waals surface area contributed by atoms with E-state index >= 15 is 0 Å². The van der Waals surface area contributed by atoms with Gasteiger partial charge in [-0.1, -0.05) is 15.9 Å². The van der Waals surface area contributed by atoms with Crippen molar-refractivity contribution in [3.05, 3.63) is 34.5 Å². The number of hydrogen-bond donors (Lipinski definition) is 1. The van der Waals surface area contributed by atoms with Gasteiger partial charge >= 0.3 is 0 Å². The molecule has 1 aromatic carbocycles. The minimum Gasteiger partial charge on any atom is -0.461 e. The van der Waals surface area contributed by atoms with Crippen molar-refractivity contribution < 1.29 is 4.42 Å². The molecule has 1 fully saturated rings.